The topological polar surface area (TPSA) is 55.6 Å². The van der Waals surface area contributed by atoms with Crippen molar-refractivity contribution in [3.63, 3.8) is 0 Å². The van der Waals surface area contributed by atoms with Crippen molar-refractivity contribution in [2.24, 2.45) is 5.73 Å². The summed E-state index contributed by atoms with van der Waals surface area (Å²) in [4.78, 5) is 13.6. The Morgan fingerprint density at radius 1 is 1.29 bits per heavy atom. The number of rotatable bonds is 4. The van der Waals surface area contributed by atoms with Crippen LogP contribution in [0.3, 0.4) is 0 Å². The smallest absolute Gasteiger partial charge is 0.419 e. The van der Waals surface area contributed by atoms with E-state index >= 15 is 0 Å². The molecule has 2 saturated carbocycles. The Morgan fingerprint density at radius 3 is 2.38 bits per heavy atom. The molecule has 4 nitrogen and oxygen atoms in total. The van der Waals surface area contributed by atoms with E-state index in [-0.39, 0.29) is 12.1 Å². The summed E-state index contributed by atoms with van der Waals surface area (Å²) >= 11 is 0. The van der Waals surface area contributed by atoms with E-state index in [9.17, 15) is 22.4 Å². The van der Waals surface area contributed by atoms with Crippen molar-refractivity contribution in [2.75, 3.05) is 13.7 Å². The molecule has 1 aromatic rings. The minimum Gasteiger partial charge on any atom is -0.453 e. The first kappa shape index (κ1) is 17.0. The third kappa shape index (κ3) is 2.94. The fourth-order valence-electron chi connectivity index (χ4n) is 3.00. The van der Waals surface area contributed by atoms with E-state index in [0.29, 0.717) is 12.8 Å². The standard InChI is InChI=1S/C16H18F4N2O2/c1-24-13(23)22(9-14(21)4-5-14)15(6-7-15)10-2-3-12(17)11(8-10)16(18,19)20/h2-3,8H,4-7,9,21H2,1H3. The van der Waals surface area contributed by atoms with Crippen LogP contribution in [0.2, 0.25) is 0 Å². The number of methoxy groups -OCH3 is 1. The van der Waals surface area contributed by atoms with Gasteiger partial charge in [-0.1, -0.05) is 6.07 Å². The highest BCUT2D eigenvalue weighted by Crippen LogP contribution is 2.53. The molecule has 2 N–H and O–H groups in total. The third-order valence-electron chi connectivity index (χ3n) is 4.81. The number of amides is 1. The van der Waals surface area contributed by atoms with Crippen LogP contribution in [0, 0.1) is 5.82 Å². The normalized spacial score (nSPS) is 20.4. The lowest BCUT2D eigenvalue weighted by Crippen LogP contribution is -2.48. The molecular weight excluding hydrogens is 328 g/mol. The number of nitrogens with two attached hydrogens (primary N) is 1. The SMILES string of the molecule is COC(=O)N(CC1(N)CC1)C1(c2ccc(F)c(C(F)(F)F)c2)CC1. The molecule has 0 heterocycles. The van der Waals surface area contributed by atoms with Gasteiger partial charge < -0.3 is 10.5 Å². The summed E-state index contributed by atoms with van der Waals surface area (Å²) in [6.07, 6.45) is -2.97. The molecule has 8 heteroatoms. The molecule has 0 saturated heterocycles. The highest BCUT2D eigenvalue weighted by molar-refractivity contribution is 5.70. The summed E-state index contributed by atoms with van der Waals surface area (Å²) in [5.74, 6) is -1.33. The molecule has 0 unspecified atom stereocenters. The number of carbonyl (C=O) groups excluding carboxylic acids is 1. The molecule has 1 amide bonds. The van der Waals surface area contributed by atoms with Gasteiger partial charge in [0.25, 0.3) is 0 Å². The molecule has 0 spiro atoms. The number of alkyl halides is 3. The Kier molecular flexibility index (Phi) is 3.78. The van der Waals surface area contributed by atoms with Crippen LogP contribution in [0.25, 0.3) is 0 Å². The molecule has 1 aromatic carbocycles. The van der Waals surface area contributed by atoms with Gasteiger partial charge in [-0.25, -0.2) is 9.18 Å². The van der Waals surface area contributed by atoms with E-state index in [2.05, 4.69) is 0 Å². The molecule has 0 radical (unpaired) electrons. The highest BCUT2D eigenvalue weighted by Gasteiger charge is 2.56. The molecule has 0 aliphatic heterocycles. The Labute approximate surface area is 136 Å². The van der Waals surface area contributed by atoms with Crippen LogP contribution in [0.1, 0.15) is 36.8 Å². The summed E-state index contributed by atoms with van der Waals surface area (Å²) in [5, 5.41) is 0. The Bertz CT molecular complexity index is 667. The number of carbonyl (C=O) groups is 1. The van der Waals surface area contributed by atoms with Crippen molar-refractivity contribution in [3.05, 3.63) is 35.1 Å². The maximum absolute atomic E-state index is 13.5. The average molecular weight is 346 g/mol. The number of hydrogen-bond donors (Lipinski definition) is 1. The summed E-state index contributed by atoms with van der Waals surface area (Å²) in [7, 11) is 1.22. The average Bonchev–Trinajstić information content (AvgIpc) is 3.41. The quantitative estimate of drug-likeness (QED) is 0.850. The number of nitrogens with zero attached hydrogens (tertiary/aromatic N) is 1. The van der Waals surface area contributed by atoms with Crippen LogP contribution in [-0.4, -0.2) is 30.2 Å². The minimum atomic E-state index is -4.79. The van der Waals surface area contributed by atoms with Crippen LogP contribution < -0.4 is 5.73 Å². The van der Waals surface area contributed by atoms with Gasteiger partial charge in [0.05, 0.1) is 18.2 Å². The van der Waals surface area contributed by atoms with Gasteiger partial charge in [0.15, 0.2) is 0 Å². The Balaban J connectivity index is 1.98. The van der Waals surface area contributed by atoms with Gasteiger partial charge in [-0.15, -0.1) is 0 Å². The Morgan fingerprint density at radius 2 is 1.92 bits per heavy atom. The molecule has 0 aromatic heterocycles. The lowest BCUT2D eigenvalue weighted by molar-refractivity contribution is -0.140. The second-order valence-corrected chi connectivity index (χ2v) is 6.64. The lowest BCUT2D eigenvalue weighted by atomic mass is 9.99. The van der Waals surface area contributed by atoms with Gasteiger partial charge in [-0.05, 0) is 43.4 Å². The number of ether oxygens (including phenoxy) is 1. The first-order valence-corrected chi connectivity index (χ1v) is 7.63. The van der Waals surface area contributed by atoms with Crippen LogP contribution in [-0.2, 0) is 16.5 Å². The van der Waals surface area contributed by atoms with E-state index < -0.39 is 34.7 Å². The first-order valence-electron chi connectivity index (χ1n) is 7.63. The van der Waals surface area contributed by atoms with E-state index in [1.165, 1.54) is 18.1 Å². The molecule has 0 bridgehead atoms. The predicted molar refractivity (Wildman–Crippen MR) is 77.6 cm³/mol. The van der Waals surface area contributed by atoms with Gasteiger partial charge in [0, 0.05) is 12.1 Å². The molecule has 2 aliphatic rings. The predicted octanol–water partition coefficient (Wildman–Crippen LogP) is 3.39. The van der Waals surface area contributed by atoms with Crippen LogP contribution in [0.15, 0.2) is 18.2 Å². The molecule has 0 atom stereocenters. The second kappa shape index (κ2) is 5.34. The van der Waals surface area contributed by atoms with Crippen molar-refractivity contribution in [3.8, 4) is 0 Å². The highest BCUT2D eigenvalue weighted by atomic mass is 19.4. The van der Waals surface area contributed by atoms with Crippen molar-refractivity contribution in [1.82, 2.24) is 4.90 Å². The van der Waals surface area contributed by atoms with Gasteiger partial charge >= 0.3 is 12.3 Å². The molecular formula is C16H18F4N2O2. The minimum absolute atomic E-state index is 0.207. The van der Waals surface area contributed by atoms with E-state index in [1.54, 1.807) is 0 Å². The van der Waals surface area contributed by atoms with Crippen LogP contribution in [0.4, 0.5) is 22.4 Å². The lowest BCUT2D eigenvalue weighted by Gasteiger charge is -2.33. The molecule has 2 fully saturated rings. The van der Waals surface area contributed by atoms with Crippen molar-refractivity contribution >= 4 is 6.09 Å². The Hall–Kier alpha value is -1.83. The largest absolute Gasteiger partial charge is 0.453 e. The zero-order valence-electron chi connectivity index (χ0n) is 13.1. The molecule has 24 heavy (non-hydrogen) atoms. The monoisotopic (exact) mass is 346 g/mol. The van der Waals surface area contributed by atoms with Crippen molar-refractivity contribution in [2.45, 2.75) is 42.9 Å². The van der Waals surface area contributed by atoms with Crippen LogP contribution in [0.5, 0.6) is 0 Å². The number of halogens is 4. The molecule has 3 rings (SSSR count). The van der Waals surface area contributed by atoms with Gasteiger partial charge in [0.1, 0.15) is 5.82 Å². The van der Waals surface area contributed by atoms with E-state index in [0.717, 1.165) is 25.0 Å². The fraction of sp³-hybridized carbons (Fsp3) is 0.562. The van der Waals surface area contributed by atoms with E-state index in [4.69, 9.17) is 10.5 Å². The van der Waals surface area contributed by atoms with Gasteiger partial charge in [0.2, 0.25) is 0 Å². The molecule has 132 valence electrons. The summed E-state index contributed by atoms with van der Waals surface area (Å²) in [5.41, 5.74) is 3.58. The van der Waals surface area contributed by atoms with E-state index in [1.807, 2.05) is 0 Å². The van der Waals surface area contributed by atoms with Crippen molar-refractivity contribution in [1.29, 1.82) is 0 Å². The van der Waals surface area contributed by atoms with Gasteiger partial charge in [-0.3, -0.25) is 4.90 Å². The van der Waals surface area contributed by atoms with Crippen LogP contribution >= 0.6 is 0 Å². The number of benzene rings is 1. The van der Waals surface area contributed by atoms with Gasteiger partial charge in [-0.2, -0.15) is 13.2 Å². The fourth-order valence-corrected chi connectivity index (χ4v) is 3.00. The third-order valence-corrected chi connectivity index (χ3v) is 4.81. The number of hydrogen-bond acceptors (Lipinski definition) is 3. The maximum atomic E-state index is 13.5. The molecule has 2 aliphatic carbocycles. The first-order chi connectivity index (χ1) is 11.1. The zero-order chi connectivity index (χ0) is 17.8. The summed E-state index contributed by atoms with van der Waals surface area (Å²) < 4.78 is 57.3. The summed E-state index contributed by atoms with van der Waals surface area (Å²) in [6, 6.07) is 2.88. The summed E-state index contributed by atoms with van der Waals surface area (Å²) in [6.45, 7) is 0.207. The van der Waals surface area contributed by atoms with Crippen molar-refractivity contribution < 1.29 is 27.1 Å². The zero-order valence-corrected chi connectivity index (χ0v) is 13.1. The maximum Gasteiger partial charge on any atom is 0.419 e. The second-order valence-electron chi connectivity index (χ2n) is 6.64.